The molecular formula is C12H16N4O2. The van der Waals surface area contributed by atoms with Crippen molar-refractivity contribution in [3.8, 4) is 11.4 Å². The number of carbonyl (C=O) groups excluding carboxylic acids is 1. The lowest BCUT2D eigenvalue weighted by atomic mass is 10.1. The van der Waals surface area contributed by atoms with Gasteiger partial charge in [0.15, 0.2) is 0 Å². The largest absolute Gasteiger partial charge is 0.338 e. The standard InChI is InChI=1S/C12H16N4O2/c1-8(2)4-10(17)5-11-14-12(15-18-11)9-6-13-16(3)7-9/h6-8H,4-5H2,1-3H3. The molecule has 0 aliphatic heterocycles. The number of aromatic nitrogens is 4. The van der Waals surface area contributed by atoms with E-state index in [0.29, 0.717) is 24.1 Å². The molecule has 18 heavy (non-hydrogen) atoms. The van der Waals surface area contributed by atoms with Crippen molar-refractivity contribution < 1.29 is 9.32 Å². The quantitative estimate of drug-likeness (QED) is 0.804. The van der Waals surface area contributed by atoms with Crippen molar-refractivity contribution in [1.82, 2.24) is 19.9 Å². The van der Waals surface area contributed by atoms with Gasteiger partial charge in [-0.2, -0.15) is 10.1 Å². The molecule has 0 atom stereocenters. The van der Waals surface area contributed by atoms with Crippen molar-refractivity contribution in [3.63, 3.8) is 0 Å². The van der Waals surface area contributed by atoms with Crippen LogP contribution < -0.4 is 0 Å². The molecule has 0 aromatic carbocycles. The van der Waals surface area contributed by atoms with Crippen LogP contribution >= 0.6 is 0 Å². The van der Waals surface area contributed by atoms with Gasteiger partial charge in [0.2, 0.25) is 11.7 Å². The molecule has 2 aromatic heterocycles. The zero-order valence-corrected chi connectivity index (χ0v) is 10.8. The molecule has 0 aliphatic carbocycles. The minimum atomic E-state index is 0.117. The van der Waals surface area contributed by atoms with Gasteiger partial charge in [0, 0.05) is 19.7 Å². The van der Waals surface area contributed by atoms with Gasteiger partial charge in [0.1, 0.15) is 5.78 Å². The second kappa shape index (κ2) is 5.12. The fourth-order valence-electron chi connectivity index (χ4n) is 1.68. The predicted octanol–water partition coefficient (Wildman–Crippen LogP) is 1.63. The fourth-order valence-corrected chi connectivity index (χ4v) is 1.68. The predicted molar refractivity (Wildman–Crippen MR) is 64.7 cm³/mol. The molecule has 0 spiro atoms. The van der Waals surface area contributed by atoms with Crippen molar-refractivity contribution in [3.05, 3.63) is 18.3 Å². The molecule has 2 rings (SSSR count). The van der Waals surface area contributed by atoms with Crippen LogP contribution in [0.25, 0.3) is 11.4 Å². The van der Waals surface area contributed by atoms with E-state index in [1.165, 1.54) is 0 Å². The molecule has 96 valence electrons. The van der Waals surface area contributed by atoms with E-state index in [-0.39, 0.29) is 12.2 Å². The summed E-state index contributed by atoms with van der Waals surface area (Å²) >= 11 is 0. The summed E-state index contributed by atoms with van der Waals surface area (Å²) in [6, 6.07) is 0. The van der Waals surface area contributed by atoms with Crippen molar-refractivity contribution in [1.29, 1.82) is 0 Å². The van der Waals surface area contributed by atoms with E-state index >= 15 is 0 Å². The smallest absolute Gasteiger partial charge is 0.234 e. The Kier molecular flexibility index (Phi) is 3.55. The first kappa shape index (κ1) is 12.5. The molecule has 0 N–H and O–H groups in total. The van der Waals surface area contributed by atoms with E-state index in [4.69, 9.17) is 4.52 Å². The Morgan fingerprint density at radius 3 is 2.89 bits per heavy atom. The van der Waals surface area contributed by atoms with E-state index in [1.807, 2.05) is 20.9 Å². The van der Waals surface area contributed by atoms with Gasteiger partial charge in [0.25, 0.3) is 0 Å². The van der Waals surface area contributed by atoms with Crippen molar-refractivity contribution >= 4 is 5.78 Å². The Bertz CT molecular complexity index is 542. The van der Waals surface area contributed by atoms with Gasteiger partial charge < -0.3 is 4.52 Å². The minimum Gasteiger partial charge on any atom is -0.338 e. The van der Waals surface area contributed by atoms with Crippen LogP contribution in [0, 0.1) is 5.92 Å². The number of aryl methyl sites for hydroxylation is 1. The summed E-state index contributed by atoms with van der Waals surface area (Å²) in [5.41, 5.74) is 0.781. The van der Waals surface area contributed by atoms with Gasteiger partial charge in [-0.25, -0.2) is 0 Å². The van der Waals surface area contributed by atoms with Gasteiger partial charge in [-0.3, -0.25) is 9.48 Å². The van der Waals surface area contributed by atoms with Crippen LogP contribution in [0.2, 0.25) is 0 Å². The summed E-state index contributed by atoms with van der Waals surface area (Å²) in [6.07, 6.45) is 4.19. The third-order valence-corrected chi connectivity index (χ3v) is 2.42. The van der Waals surface area contributed by atoms with Gasteiger partial charge in [-0.15, -0.1) is 0 Å². The van der Waals surface area contributed by atoms with Crippen LogP contribution in [0.15, 0.2) is 16.9 Å². The molecule has 0 fully saturated rings. The maximum absolute atomic E-state index is 11.6. The molecule has 0 unspecified atom stereocenters. The lowest BCUT2D eigenvalue weighted by Gasteiger charge is -1.99. The Balaban J connectivity index is 2.04. The highest BCUT2D eigenvalue weighted by Crippen LogP contribution is 2.15. The summed E-state index contributed by atoms with van der Waals surface area (Å²) in [6.45, 7) is 4.01. The highest BCUT2D eigenvalue weighted by atomic mass is 16.5. The number of nitrogens with zero attached hydrogens (tertiary/aromatic N) is 4. The monoisotopic (exact) mass is 248 g/mol. The van der Waals surface area contributed by atoms with Gasteiger partial charge in [0.05, 0.1) is 18.2 Å². The summed E-state index contributed by atoms with van der Waals surface area (Å²) in [7, 11) is 1.82. The summed E-state index contributed by atoms with van der Waals surface area (Å²) in [5.74, 6) is 1.29. The van der Waals surface area contributed by atoms with Crippen LogP contribution in [-0.2, 0) is 18.3 Å². The Labute approximate surface area is 105 Å². The van der Waals surface area contributed by atoms with Crippen molar-refractivity contribution in [2.75, 3.05) is 0 Å². The highest BCUT2D eigenvalue weighted by molar-refractivity contribution is 5.80. The minimum absolute atomic E-state index is 0.117. The van der Waals surface area contributed by atoms with E-state index in [1.54, 1.807) is 17.1 Å². The number of hydrogen-bond acceptors (Lipinski definition) is 5. The molecule has 2 heterocycles. The van der Waals surface area contributed by atoms with E-state index in [0.717, 1.165) is 5.56 Å². The molecule has 6 heteroatoms. The third-order valence-electron chi connectivity index (χ3n) is 2.42. The zero-order valence-electron chi connectivity index (χ0n) is 10.8. The average Bonchev–Trinajstić information content (AvgIpc) is 2.85. The lowest BCUT2D eigenvalue weighted by molar-refractivity contribution is -0.119. The van der Waals surface area contributed by atoms with Crippen LogP contribution in [0.5, 0.6) is 0 Å². The first-order valence-corrected chi connectivity index (χ1v) is 5.88. The first-order valence-electron chi connectivity index (χ1n) is 5.88. The molecular weight excluding hydrogens is 232 g/mol. The second-order valence-electron chi connectivity index (χ2n) is 4.73. The first-order chi connectivity index (χ1) is 8.54. The maximum Gasteiger partial charge on any atom is 0.234 e. The van der Waals surface area contributed by atoms with Crippen LogP contribution in [-0.4, -0.2) is 25.7 Å². The Morgan fingerprint density at radius 2 is 2.28 bits per heavy atom. The Hall–Kier alpha value is -1.98. The van der Waals surface area contributed by atoms with Crippen molar-refractivity contribution in [2.45, 2.75) is 26.7 Å². The van der Waals surface area contributed by atoms with Crippen LogP contribution in [0.4, 0.5) is 0 Å². The summed E-state index contributed by atoms with van der Waals surface area (Å²) in [4.78, 5) is 15.8. The summed E-state index contributed by atoms with van der Waals surface area (Å²) < 4.78 is 6.72. The number of ketones is 1. The summed E-state index contributed by atoms with van der Waals surface area (Å²) in [5, 5.41) is 7.87. The second-order valence-corrected chi connectivity index (χ2v) is 4.73. The van der Waals surface area contributed by atoms with E-state index < -0.39 is 0 Å². The molecule has 0 aliphatic rings. The highest BCUT2D eigenvalue weighted by Gasteiger charge is 2.14. The van der Waals surface area contributed by atoms with Crippen LogP contribution in [0.1, 0.15) is 26.2 Å². The van der Waals surface area contributed by atoms with Crippen LogP contribution in [0.3, 0.4) is 0 Å². The van der Waals surface area contributed by atoms with Crippen molar-refractivity contribution in [2.24, 2.45) is 13.0 Å². The average molecular weight is 248 g/mol. The molecule has 6 nitrogen and oxygen atoms in total. The Morgan fingerprint density at radius 1 is 1.50 bits per heavy atom. The number of Topliss-reactive ketones (excluding diaryl/α,β-unsaturated/α-hetero) is 1. The molecule has 2 aromatic rings. The number of carbonyl (C=O) groups is 1. The maximum atomic E-state index is 11.6. The molecule has 0 radical (unpaired) electrons. The normalized spacial score (nSPS) is 11.1. The van der Waals surface area contributed by atoms with E-state index in [9.17, 15) is 4.79 Å². The number of hydrogen-bond donors (Lipinski definition) is 0. The fraction of sp³-hybridized carbons (Fsp3) is 0.500. The SMILES string of the molecule is CC(C)CC(=O)Cc1nc(-c2cnn(C)c2)no1. The van der Waals surface area contributed by atoms with Gasteiger partial charge >= 0.3 is 0 Å². The molecule has 0 saturated carbocycles. The molecule has 0 saturated heterocycles. The third kappa shape index (κ3) is 3.03. The van der Waals surface area contributed by atoms with E-state index in [2.05, 4.69) is 15.2 Å². The lowest BCUT2D eigenvalue weighted by Crippen LogP contribution is -2.06. The van der Waals surface area contributed by atoms with Gasteiger partial charge in [-0.05, 0) is 5.92 Å². The molecule has 0 bridgehead atoms. The van der Waals surface area contributed by atoms with Gasteiger partial charge in [-0.1, -0.05) is 19.0 Å². The number of rotatable bonds is 5. The topological polar surface area (TPSA) is 73.8 Å². The zero-order chi connectivity index (χ0) is 13.1. The molecule has 0 amide bonds.